The molecular formula is C16H22ClN3O2. The molecule has 1 aromatic rings. The fourth-order valence-corrected chi connectivity index (χ4v) is 3.85. The van der Waals surface area contributed by atoms with Gasteiger partial charge in [0.05, 0.1) is 5.92 Å². The van der Waals surface area contributed by atoms with Gasteiger partial charge in [-0.2, -0.15) is 0 Å². The van der Waals surface area contributed by atoms with E-state index in [9.17, 15) is 9.59 Å². The van der Waals surface area contributed by atoms with Gasteiger partial charge in [-0.15, -0.1) is 12.4 Å². The molecule has 0 aliphatic heterocycles. The average Bonchev–Trinajstić information content (AvgIpc) is 3.01. The Morgan fingerprint density at radius 2 is 1.91 bits per heavy atom. The number of nitrogens with two attached hydrogens (primary N) is 2. The Hall–Kier alpha value is -1.59. The Kier molecular flexibility index (Phi) is 4.78. The fraction of sp³-hybridized carbons (Fsp3) is 0.500. The van der Waals surface area contributed by atoms with E-state index in [1.807, 2.05) is 6.92 Å². The van der Waals surface area contributed by atoms with Crippen LogP contribution < -0.4 is 16.8 Å². The number of benzene rings is 1. The number of anilines is 1. The number of rotatable bonds is 3. The van der Waals surface area contributed by atoms with Crippen LogP contribution in [0.1, 0.15) is 35.2 Å². The molecule has 0 radical (unpaired) electrons. The van der Waals surface area contributed by atoms with E-state index in [1.165, 1.54) is 0 Å². The minimum atomic E-state index is -0.498. The van der Waals surface area contributed by atoms with Crippen molar-refractivity contribution in [3.8, 4) is 0 Å². The molecule has 22 heavy (non-hydrogen) atoms. The lowest BCUT2D eigenvalue weighted by atomic mass is 9.84. The summed E-state index contributed by atoms with van der Waals surface area (Å²) in [6.07, 6.45) is 3.31. The van der Waals surface area contributed by atoms with Crippen molar-refractivity contribution in [2.75, 3.05) is 5.32 Å². The summed E-state index contributed by atoms with van der Waals surface area (Å²) in [5, 5.41) is 2.94. The Labute approximate surface area is 136 Å². The molecule has 2 amide bonds. The van der Waals surface area contributed by atoms with E-state index in [0.717, 1.165) is 24.8 Å². The van der Waals surface area contributed by atoms with Gasteiger partial charge in [0, 0.05) is 17.3 Å². The molecular weight excluding hydrogens is 302 g/mol. The zero-order valence-electron chi connectivity index (χ0n) is 12.5. The van der Waals surface area contributed by atoms with E-state index in [2.05, 4.69) is 5.32 Å². The number of nitrogens with one attached hydrogen (secondary N) is 1. The molecule has 5 nitrogen and oxygen atoms in total. The second kappa shape index (κ2) is 6.26. The topological polar surface area (TPSA) is 98.2 Å². The summed E-state index contributed by atoms with van der Waals surface area (Å²) in [6.45, 7) is 1.89. The van der Waals surface area contributed by atoms with Gasteiger partial charge in [-0.1, -0.05) is 6.07 Å². The van der Waals surface area contributed by atoms with Crippen LogP contribution in [0.3, 0.4) is 0 Å². The molecule has 120 valence electrons. The zero-order chi connectivity index (χ0) is 15.1. The second-order valence-electron chi connectivity index (χ2n) is 6.32. The standard InChI is InChI=1S/C16H21N3O2.ClH/c1-8-2-3-11(15(18)20)7-12(8)19-16(21)13-9-4-5-10(6-9)14(13)17;/h2-3,7,9-10,13-14H,4-6,17H2,1H3,(H2,18,20)(H,19,21);1H. The van der Waals surface area contributed by atoms with Crippen LogP contribution in [0.2, 0.25) is 0 Å². The molecule has 3 rings (SSSR count). The van der Waals surface area contributed by atoms with Crippen molar-refractivity contribution in [3.63, 3.8) is 0 Å². The third-order valence-electron chi connectivity index (χ3n) is 5.06. The highest BCUT2D eigenvalue weighted by molar-refractivity contribution is 5.98. The molecule has 5 N–H and O–H groups in total. The Morgan fingerprint density at radius 3 is 2.50 bits per heavy atom. The Balaban J connectivity index is 0.00000176. The molecule has 2 fully saturated rings. The number of aryl methyl sites for hydroxylation is 1. The maximum absolute atomic E-state index is 12.5. The molecule has 6 heteroatoms. The number of hydrogen-bond acceptors (Lipinski definition) is 3. The number of halogens is 1. The first-order valence-corrected chi connectivity index (χ1v) is 7.44. The van der Waals surface area contributed by atoms with Crippen LogP contribution in [0.4, 0.5) is 5.69 Å². The van der Waals surface area contributed by atoms with Gasteiger partial charge in [-0.25, -0.2) is 0 Å². The van der Waals surface area contributed by atoms with Crippen LogP contribution in [-0.4, -0.2) is 17.9 Å². The number of carbonyl (C=O) groups excluding carboxylic acids is 2. The van der Waals surface area contributed by atoms with E-state index >= 15 is 0 Å². The molecule has 0 spiro atoms. The number of fused-ring (bicyclic) bond motifs is 2. The summed E-state index contributed by atoms with van der Waals surface area (Å²) >= 11 is 0. The van der Waals surface area contributed by atoms with Crippen LogP contribution in [0, 0.1) is 24.7 Å². The first kappa shape index (κ1) is 16.8. The fourth-order valence-electron chi connectivity index (χ4n) is 3.85. The van der Waals surface area contributed by atoms with Gasteiger partial charge >= 0.3 is 0 Å². The van der Waals surface area contributed by atoms with E-state index in [4.69, 9.17) is 11.5 Å². The van der Waals surface area contributed by atoms with E-state index in [1.54, 1.807) is 18.2 Å². The van der Waals surface area contributed by atoms with Crippen molar-refractivity contribution in [1.29, 1.82) is 0 Å². The van der Waals surface area contributed by atoms with Gasteiger partial charge < -0.3 is 16.8 Å². The molecule has 0 aromatic heterocycles. The highest BCUT2D eigenvalue weighted by atomic mass is 35.5. The third-order valence-corrected chi connectivity index (χ3v) is 5.06. The Bertz CT molecular complexity index is 603. The highest BCUT2D eigenvalue weighted by Gasteiger charge is 2.49. The largest absolute Gasteiger partial charge is 0.366 e. The van der Waals surface area contributed by atoms with Crippen molar-refractivity contribution in [2.24, 2.45) is 29.2 Å². The van der Waals surface area contributed by atoms with E-state index in [0.29, 0.717) is 23.1 Å². The highest BCUT2D eigenvalue weighted by Crippen LogP contribution is 2.47. The van der Waals surface area contributed by atoms with Crippen molar-refractivity contribution < 1.29 is 9.59 Å². The van der Waals surface area contributed by atoms with Gasteiger partial charge in [0.25, 0.3) is 0 Å². The first-order chi connectivity index (χ1) is 9.97. The lowest BCUT2D eigenvalue weighted by Gasteiger charge is -2.27. The smallest absolute Gasteiger partial charge is 0.248 e. The van der Waals surface area contributed by atoms with Crippen LogP contribution in [0.15, 0.2) is 18.2 Å². The maximum Gasteiger partial charge on any atom is 0.248 e. The van der Waals surface area contributed by atoms with Crippen molar-refractivity contribution in [1.82, 2.24) is 0 Å². The summed E-state index contributed by atoms with van der Waals surface area (Å²) in [4.78, 5) is 23.8. The summed E-state index contributed by atoms with van der Waals surface area (Å²) < 4.78 is 0. The molecule has 4 unspecified atom stereocenters. The SMILES string of the molecule is Cc1ccc(C(N)=O)cc1NC(=O)C1C2CCC(C2)C1N.Cl. The molecule has 0 heterocycles. The summed E-state index contributed by atoms with van der Waals surface area (Å²) in [5.74, 6) is 0.260. The number of amides is 2. The van der Waals surface area contributed by atoms with Gasteiger partial charge in [0.1, 0.15) is 0 Å². The predicted octanol–water partition coefficient (Wildman–Crippen LogP) is 1.83. The molecule has 0 saturated heterocycles. The second-order valence-corrected chi connectivity index (χ2v) is 6.32. The van der Waals surface area contributed by atoms with Crippen LogP contribution >= 0.6 is 12.4 Å². The molecule has 2 saturated carbocycles. The van der Waals surface area contributed by atoms with Crippen molar-refractivity contribution in [2.45, 2.75) is 32.2 Å². The van der Waals surface area contributed by atoms with Crippen LogP contribution in [0.5, 0.6) is 0 Å². The zero-order valence-corrected chi connectivity index (χ0v) is 13.4. The average molecular weight is 324 g/mol. The van der Waals surface area contributed by atoms with Crippen molar-refractivity contribution in [3.05, 3.63) is 29.3 Å². The van der Waals surface area contributed by atoms with Crippen LogP contribution in [-0.2, 0) is 4.79 Å². The Morgan fingerprint density at radius 1 is 1.23 bits per heavy atom. The number of hydrogen-bond donors (Lipinski definition) is 3. The molecule has 1 aromatic carbocycles. The minimum absolute atomic E-state index is 0. The number of carbonyl (C=O) groups is 2. The van der Waals surface area contributed by atoms with Crippen molar-refractivity contribution >= 4 is 29.9 Å². The summed E-state index contributed by atoms with van der Waals surface area (Å²) in [6, 6.07) is 5.05. The van der Waals surface area contributed by atoms with Gasteiger partial charge in [-0.05, 0) is 55.7 Å². The van der Waals surface area contributed by atoms with Gasteiger partial charge in [0.2, 0.25) is 11.8 Å². The van der Waals surface area contributed by atoms with Gasteiger partial charge in [-0.3, -0.25) is 9.59 Å². The monoisotopic (exact) mass is 323 g/mol. The minimum Gasteiger partial charge on any atom is -0.366 e. The predicted molar refractivity (Wildman–Crippen MR) is 87.9 cm³/mol. The number of primary amides is 1. The molecule has 2 aliphatic rings. The quantitative estimate of drug-likeness (QED) is 0.791. The van der Waals surface area contributed by atoms with E-state index < -0.39 is 5.91 Å². The summed E-state index contributed by atoms with van der Waals surface area (Å²) in [7, 11) is 0. The molecule has 2 bridgehead atoms. The molecule has 4 atom stereocenters. The van der Waals surface area contributed by atoms with Gasteiger partial charge in [0.15, 0.2) is 0 Å². The third kappa shape index (κ3) is 2.83. The van der Waals surface area contributed by atoms with E-state index in [-0.39, 0.29) is 30.3 Å². The first-order valence-electron chi connectivity index (χ1n) is 7.44. The lowest BCUT2D eigenvalue weighted by Crippen LogP contribution is -2.42. The maximum atomic E-state index is 12.5. The molecule has 2 aliphatic carbocycles. The normalized spacial score (nSPS) is 29.0. The van der Waals surface area contributed by atoms with Crippen LogP contribution in [0.25, 0.3) is 0 Å². The summed E-state index contributed by atoms with van der Waals surface area (Å²) in [5.41, 5.74) is 13.4. The lowest BCUT2D eigenvalue weighted by molar-refractivity contribution is -0.121.